The predicted molar refractivity (Wildman–Crippen MR) is 77.8 cm³/mol. The lowest BCUT2D eigenvalue weighted by atomic mass is 10.1. The van der Waals surface area contributed by atoms with E-state index in [9.17, 15) is 0 Å². The standard InChI is InChI=1S/C16H26N2/c1-4-15(3)18-10-8-17(9-11-18)13-16-7-5-6-14(2)12-16/h5-7,12,15H,4,8-11,13H2,1-3H3. The summed E-state index contributed by atoms with van der Waals surface area (Å²) in [5, 5.41) is 0. The molecule has 1 aromatic rings. The molecule has 1 saturated heterocycles. The van der Waals surface area contributed by atoms with Gasteiger partial charge in [0.25, 0.3) is 0 Å². The normalized spacial score (nSPS) is 19.9. The van der Waals surface area contributed by atoms with Crippen LogP contribution in [0.2, 0.25) is 0 Å². The summed E-state index contributed by atoms with van der Waals surface area (Å²) in [4.78, 5) is 5.19. The fourth-order valence-electron chi connectivity index (χ4n) is 2.69. The number of piperazine rings is 1. The highest BCUT2D eigenvalue weighted by Crippen LogP contribution is 2.12. The van der Waals surface area contributed by atoms with E-state index in [0.717, 1.165) is 12.6 Å². The monoisotopic (exact) mass is 246 g/mol. The number of benzene rings is 1. The van der Waals surface area contributed by atoms with Gasteiger partial charge in [0.05, 0.1) is 0 Å². The lowest BCUT2D eigenvalue weighted by molar-refractivity contribution is 0.0963. The molecule has 0 radical (unpaired) electrons. The van der Waals surface area contributed by atoms with E-state index in [1.807, 2.05) is 0 Å². The molecule has 0 aliphatic carbocycles. The Labute approximate surface area is 112 Å². The van der Waals surface area contributed by atoms with E-state index < -0.39 is 0 Å². The Morgan fingerprint density at radius 1 is 1.17 bits per heavy atom. The fourth-order valence-corrected chi connectivity index (χ4v) is 2.69. The van der Waals surface area contributed by atoms with E-state index in [-0.39, 0.29) is 0 Å². The van der Waals surface area contributed by atoms with Crippen molar-refractivity contribution in [1.29, 1.82) is 0 Å². The molecule has 0 aromatic heterocycles. The maximum atomic E-state index is 2.62. The molecule has 2 heteroatoms. The first-order valence-corrected chi connectivity index (χ1v) is 7.21. The fraction of sp³-hybridized carbons (Fsp3) is 0.625. The van der Waals surface area contributed by atoms with E-state index in [0.29, 0.717) is 0 Å². The lowest BCUT2D eigenvalue weighted by Gasteiger charge is -2.37. The van der Waals surface area contributed by atoms with Crippen molar-refractivity contribution in [2.45, 2.75) is 39.8 Å². The molecular weight excluding hydrogens is 220 g/mol. The summed E-state index contributed by atoms with van der Waals surface area (Å²) >= 11 is 0. The Kier molecular flexibility index (Phi) is 4.79. The summed E-state index contributed by atoms with van der Waals surface area (Å²) < 4.78 is 0. The summed E-state index contributed by atoms with van der Waals surface area (Å²) in [5.41, 5.74) is 2.82. The summed E-state index contributed by atoms with van der Waals surface area (Å²) in [6.07, 6.45) is 1.26. The van der Waals surface area contributed by atoms with Crippen molar-refractivity contribution in [2.24, 2.45) is 0 Å². The second-order valence-corrected chi connectivity index (χ2v) is 5.56. The molecule has 18 heavy (non-hydrogen) atoms. The smallest absolute Gasteiger partial charge is 0.0234 e. The first kappa shape index (κ1) is 13.6. The Morgan fingerprint density at radius 3 is 2.50 bits per heavy atom. The van der Waals surface area contributed by atoms with E-state index in [1.54, 1.807) is 0 Å². The minimum absolute atomic E-state index is 0.742. The molecule has 2 nitrogen and oxygen atoms in total. The van der Waals surface area contributed by atoms with Crippen LogP contribution in [0.25, 0.3) is 0 Å². The van der Waals surface area contributed by atoms with Gasteiger partial charge in [-0.25, -0.2) is 0 Å². The van der Waals surface area contributed by atoms with E-state index in [2.05, 4.69) is 54.8 Å². The predicted octanol–water partition coefficient (Wildman–Crippen LogP) is 2.91. The van der Waals surface area contributed by atoms with Crippen molar-refractivity contribution in [1.82, 2.24) is 9.80 Å². The van der Waals surface area contributed by atoms with Crippen LogP contribution in [-0.2, 0) is 6.54 Å². The van der Waals surface area contributed by atoms with Gasteiger partial charge in [0.2, 0.25) is 0 Å². The maximum Gasteiger partial charge on any atom is 0.0234 e. The summed E-state index contributed by atoms with van der Waals surface area (Å²) in [6, 6.07) is 9.63. The minimum Gasteiger partial charge on any atom is -0.298 e. The van der Waals surface area contributed by atoms with Gasteiger partial charge in [-0.15, -0.1) is 0 Å². The third-order valence-electron chi connectivity index (χ3n) is 4.11. The molecule has 1 fully saturated rings. The maximum absolute atomic E-state index is 2.62. The highest BCUT2D eigenvalue weighted by atomic mass is 15.3. The van der Waals surface area contributed by atoms with Gasteiger partial charge in [-0.05, 0) is 25.8 Å². The van der Waals surface area contributed by atoms with Gasteiger partial charge in [-0.1, -0.05) is 36.8 Å². The highest BCUT2D eigenvalue weighted by Gasteiger charge is 2.19. The molecule has 0 N–H and O–H groups in total. The molecule has 1 atom stereocenters. The van der Waals surface area contributed by atoms with Crippen molar-refractivity contribution in [3.8, 4) is 0 Å². The van der Waals surface area contributed by atoms with Crippen LogP contribution in [0.4, 0.5) is 0 Å². The largest absolute Gasteiger partial charge is 0.298 e. The molecule has 0 spiro atoms. The number of hydrogen-bond acceptors (Lipinski definition) is 2. The van der Waals surface area contributed by atoms with Crippen LogP contribution >= 0.6 is 0 Å². The molecule has 100 valence electrons. The van der Waals surface area contributed by atoms with Crippen LogP contribution in [0.3, 0.4) is 0 Å². The first-order chi connectivity index (χ1) is 8.69. The Balaban J connectivity index is 1.83. The number of nitrogens with zero attached hydrogens (tertiary/aromatic N) is 2. The Hall–Kier alpha value is -0.860. The van der Waals surface area contributed by atoms with E-state index in [4.69, 9.17) is 0 Å². The van der Waals surface area contributed by atoms with Crippen molar-refractivity contribution >= 4 is 0 Å². The van der Waals surface area contributed by atoms with Crippen LogP contribution in [0, 0.1) is 6.92 Å². The van der Waals surface area contributed by atoms with E-state index in [1.165, 1.54) is 43.7 Å². The molecule has 1 aliphatic heterocycles. The minimum atomic E-state index is 0.742. The highest BCUT2D eigenvalue weighted by molar-refractivity contribution is 5.22. The second-order valence-electron chi connectivity index (χ2n) is 5.56. The second kappa shape index (κ2) is 6.35. The first-order valence-electron chi connectivity index (χ1n) is 7.21. The molecule has 0 amide bonds. The summed E-state index contributed by atoms with van der Waals surface area (Å²) in [6.45, 7) is 12.8. The van der Waals surface area contributed by atoms with Gasteiger partial charge in [0.15, 0.2) is 0 Å². The zero-order valence-electron chi connectivity index (χ0n) is 12.0. The lowest BCUT2D eigenvalue weighted by Crippen LogP contribution is -2.48. The molecule has 1 unspecified atom stereocenters. The zero-order valence-corrected chi connectivity index (χ0v) is 12.0. The molecule has 0 saturated carbocycles. The quantitative estimate of drug-likeness (QED) is 0.806. The number of rotatable bonds is 4. The SMILES string of the molecule is CCC(C)N1CCN(Cc2cccc(C)c2)CC1. The molecule has 1 aliphatic rings. The molecule has 1 aromatic carbocycles. The van der Waals surface area contributed by atoms with Crippen molar-refractivity contribution in [2.75, 3.05) is 26.2 Å². The summed E-state index contributed by atoms with van der Waals surface area (Å²) in [7, 11) is 0. The molecule has 0 bridgehead atoms. The third kappa shape index (κ3) is 3.56. The van der Waals surface area contributed by atoms with Crippen LogP contribution in [-0.4, -0.2) is 42.0 Å². The van der Waals surface area contributed by atoms with Gasteiger partial charge >= 0.3 is 0 Å². The van der Waals surface area contributed by atoms with Crippen molar-refractivity contribution < 1.29 is 0 Å². The Morgan fingerprint density at radius 2 is 1.89 bits per heavy atom. The average Bonchev–Trinajstić information content (AvgIpc) is 2.39. The molecule has 1 heterocycles. The third-order valence-corrected chi connectivity index (χ3v) is 4.11. The summed E-state index contributed by atoms with van der Waals surface area (Å²) in [5.74, 6) is 0. The van der Waals surface area contributed by atoms with Gasteiger partial charge in [-0.3, -0.25) is 9.80 Å². The average molecular weight is 246 g/mol. The number of aryl methyl sites for hydroxylation is 1. The van der Waals surface area contributed by atoms with Crippen molar-refractivity contribution in [3.05, 3.63) is 35.4 Å². The van der Waals surface area contributed by atoms with Gasteiger partial charge in [0, 0.05) is 38.8 Å². The van der Waals surface area contributed by atoms with Gasteiger partial charge in [-0.2, -0.15) is 0 Å². The topological polar surface area (TPSA) is 6.48 Å². The van der Waals surface area contributed by atoms with Crippen LogP contribution in [0.5, 0.6) is 0 Å². The van der Waals surface area contributed by atoms with Crippen LogP contribution in [0.15, 0.2) is 24.3 Å². The van der Waals surface area contributed by atoms with Crippen LogP contribution in [0.1, 0.15) is 31.4 Å². The molecule has 2 rings (SSSR count). The van der Waals surface area contributed by atoms with E-state index >= 15 is 0 Å². The van der Waals surface area contributed by atoms with Crippen LogP contribution < -0.4 is 0 Å². The van der Waals surface area contributed by atoms with Crippen molar-refractivity contribution in [3.63, 3.8) is 0 Å². The molecular formula is C16H26N2. The van der Waals surface area contributed by atoms with Gasteiger partial charge < -0.3 is 0 Å². The zero-order chi connectivity index (χ0) is 13.0. The Bertz CT molecular complexity index is 367. The number of hydrogen-bond donors (Lipinski definition) is 0. The van der Waals surface area contributed by atoms with Gasteiger partial charge in [0.1, 0.15) is 0 Å².